The third kappa shape index (κ3) is 3.71. The molecule has 5 nitrogen and oxygen atoms in total. The van der Waals surface area contributed by atoms with E-state index in [1.54, 1.807) is 6.33 Å². The van der Waals surface area contributed by atoms with Crippen LogP contribution in [0.15, 0.2) is 12.5 Å². The molecule has 0 aliphatic rings. The molecule has 0 spiro atoms. The van der Waals surface area contributed by atoms with Crippen molar-refractivity contribution in [1.29, 1.82) is 0 Å². The van der Waals surface area contributed by atoms with Crippen LogP contribution >= 0.6 is 0 Å². The van der Waals surface area contributed by atoms with E-state index in [0.29, 0.717) is 13.0 Å². The monoisotopic (exact) mass is 211 g/mol. The molecule has 15 heavy (non-hydrogen) atoms. The Morgan fingerprint density at radius 3 is 3.13 bits per heavy atom. The summed E-state index contributed by atoms with van der Waals surface area (Å²) in [5.74, 6) is -0.188. The van der Waals surface area contributed by atoms with E-state index in [1.807, 2.05) is 6.20 Å². The van der Waals surface area contributed by atoms with Gasteiger partial charge < -0.3 is 14.6 Å². The van der Waals surface area contributed by atoms with E-state index in [9.17, 15) is 4.79 Å². The van der Waals surface area contributed by atoms with Crippen molar-refractivity contribution in [3.63, 3.8) is 0 Å². The SMILES string of the molecule is CCn1cncc1CNCCC(=O)OC. The number of imidazole rings is 1. The zero-order valence-corrected chi connectivity index (χ0v) is 9.19. The van der Waals surface area contributed by atoms with Crippen LogP contribution in [0, 0.1) is 0 Å². The lowest BCUT2D eigenvalue weighted by Crippen LogP contribution is -2.20. The number of nitrogens with zero attached hydrogens (tertiary/aromatic N) is 2. The van der Waals surface area contributed by atoms with Crippen LogP contribution in [0.5, 0.6) is 0 Å². The van der Waals surface area contributed by atoms with Crippen LogP contribution in [0.1, 0.15) is 19.0 Å². The lowest BCUT2D eigenvalue weighted by molar-refractivity contribution is -0.140. The molecule has 5 heteroatoms. The molecule has 0 aliphatic heterocycles. The van der Waals surface area contributed by atoms with Gasteiger partial charge in [0.15, 0.2) is 0 Å². The number of carbonyl (C=O) groups excluding carboxylic acids is 1. The summed E-state index contributed by atoms with van der Waals surface area (Å²) in [7, 11) is 1.40. The minimum Gasteiger partial charge on any atom is -0.469 e. The molecule has 0 bridgehead atoms. The van der Waals surface area contributed by atoms with Gasteiger partial charge in [-0.2, -0.15) is 0 Å². The zero-order valence-electron chi connectivity index (χ0n) is 9.19. The third-order valence-corrected chi connectivity index (χ3v) is 2.18. The normalized spacial score (nSPS) is 10.3. The number of ether oxygens (including phenoxy) is 1. The number of nitrogens with one attached hydrogen (secondary N) is 1. The molecular weight excluding hydrogens is 194 g/mol. The molecule has 1 N–H and O–H groups in total. The Bertz CT molecular complexity index is 309. The number of rotatable bonds is 6. The summed E-state index contributed by atoms with van der Waals surface area (Å²) in [5.41, 5.74) is 1.13. The molecule has 0 amide bonds. The second-order valence-electron chi connectivity index (χ2n) is 3.17. The number of methoxy groups -OCH3 is 1. The first-order chi connectivity index (χ1) is 7.27. The second kappa shape index (κ2) is 6.19. The van der Waals surface area contributed by atoms with Gasteiger partial charge in [0.2, 0.25) is 0 Å². The molecule has 0 saturated carbocycles. The highest BCUT2D eigenvalue weighted by Crippen LogP contribution is 1.98. The zero-order chi connectivity index (χ0) is 11.1. The molecule has 0 fully saturated rings. The first kappa shape index (κ1) is 11.7. The quantitative estimate of drug-likeness (QED) is 0.551. The summed E-state index contributed by atoms with van der Waals surface area (Å²) < 4.78 is 6.60. The standard InChI is InChI=1S/C10H17N3O2/c1-3-13-8-12-7-9(13)6-11-5-4-10(14)15-2/h7-8,11H,3-6H2,1-2H3. The van der Waals surface area contributed by atoms with Gasteiger partial charge in [0, 0.05) is 25.8 Å². The minimum absolute atomic E-state index is 0.188. The second-order valence-corrected chi connectivity index (χ2v) is 3.17. The Hall–Kier alpha value is -1.36. The molecule has 0 radical (unpaired) electrons. The molecule has 1 aromatic rings. The number of esters is 1. The predicted molar refractivity (Wildman–Crippen MR) is 56.2 cm³/mol. The summed E-state index contributed by atoms with van der Waals surface area (Å²) in [5, 5.41) is 3.17. The smallest absolute Gasteiger partial charge is 0.306 e. The van der Waals surface area contributed by atoms with Crippen LogP contribution in [0.25, 0.3) is 0 Å². The van der Waals surface area contributed by atoms with E-state index >= 15 is 0 Å². The first-order valence-electron chi connectivity index (χ1n) is 5.04. The molecule has 0 aliphatic carbocycles. The van der Waals surface area contributed by atoms with Gasteiger partial charge >= 0.3 is 5.97 Å². The first-order valence-corrected chi connectivity index (χ1v) is 5.04. The maximum atomic E-state index is 10.8. The van der Waals surface area contributed by atoms with E-state index in [4.69, 9.17) is 0 Å². The van der Waals surface area contributed by atoms with Crippen molar-refractivity contribution in [1.82, 2.24) is 14.9 Å². The van der Waals surface area contributed by atoms with Gasteiger partial charge in [-0.05, 0) is 6.92 Å². The van der Waals surface area contributed by atoms with Gasteiger partial charge in [-0.3, -0.25) is 4.79 Å². The number of hydrogen-bond donors (Lipinski definition) is 1. The van der Waals surface area contributed by atoms with Crippen molar-refractivity contribution in [2.45, 2.75) is 26.4 Å². The maximum Gasteiger partial charge on any atom is 0.306 e. The fourth-order valence-electron chi connectivity index (χ4n) is 1.29. The summed E-state index contributed by atoms with van der Waals surface area (Å²) in [6, 6.07) is 0. The number of aromatic nitrogens is 2. The van der Waals surface area contributed by atoms with Crippen molar-refractivity contribution in [2.24, 2.45) is 0 Å². The van der Waals surface area contributed by atoms with Crippen molar-refractivity contribution < 1.29 is 9.53 Å². The Morgan fingerprint density at radius 1 is 1.67 bits per heavy atom. The largest absolute Gasteiger partial charge is 0.469 e. The van der Waals surface area contributed by atoms with Crippen molar-refractivity contribution >= 4 is 5.97 Å². The number of aryl methyl sites for hydroxylation is 1. The average molecular weight is 211 g/mol. The van der Waals surface area contributed by atoms with Crippen LogP contribution in [0.3, 0.4) is 0 Å². The third-order valence-electron chi connectivity index (χ3n) is 2.18. The van der Waals surface area contributed by atoms with Gasteiger partial charge in [-0.15, -0.1) is 0 Å². The lowest BCUT2D eigenvalue weighted by Gasteiger charge is -2.06. The van der Waals surface area contributed by atoms with E-state index in [0.717, 1.165) is 18.8 Å². The Labute approximate surface area is 89.4 Å². The highest BCUT2D eigenvalue weighted by molar-refractivity contribution is 5.69. The highest BCUT2D eigenvalue weighted by atomic mass is 16.5. The maximum absolute atomic E-state index is 10.8. The summed E-state index contributed by atoms with van der Waals surface area (Å²) in [6.45, 7) is 4.33. The van der Waals surface area contributed by atoms with Crippen LogP contribution in [-0.2, 0) is 22.6 Å². The van der Waals surface area contributed by atoms with E-state index < -0.39 is 0 Å². The average Bonchev–Trinajstić information content (AvgIpc) is 2.71. The molecular formula is C10H17N3O2. The van der Waals surface area contributed by atoms with Gasteiger partial charge in [-0.25, -0.2) is 4.98 Å². The molecule has 0 atom stereocenters. The van der Waals surface area contributed by atoms with Crippen molar-refractivity contribution in [2.75, 3.05) is 13.7 Å². The van der Waals surface area contributed by atoms with Crippen LogP contribution in [0.2, 0.25) is 0 Å². The Morgan fingerprint density at radius 2 is 2.47 bits per heavy atom. The topological polar surface area (TPSA) is 56.2 Å². The lowest BCUT2D eigenvalue weighted by atomic mass is 10.4. The van der Waals surface area contributed by atoms with Gasteiger partial charge in [0.25, 0.3) is 0 Å². The van der Waals surface area contributed by atoms with Gasteiger partial charge in [0.1, 0.15) is 0 Å². The molecule has 84 valence electrons. The number of hydrogen-bond acceptors (Lipinski definition) is 4. The van der Waals surface area contributed by atoms with Crippen LogP contribution in [-0.4, -0.2) is 29.2 Å². The molecule has 0 saturated heterocycles. The summed E-state index contributed by atoms with van der Waals surface area (Å²) in [4.78, 5) is 14.9. The molecule has 1 aromatic heterocycles. The molecule has 0 aromatic carbocycles. The molecule has 0 unspecified atom stereocenters. The van der Waals surface area contributed by atoms with Gasteiger partial charge in [0.05, 0.1) is 25.6 Å². The van der Waals surface area contributed by atoms with E-state index in [-0.39, 0.29) is 5.97 Å². The summed E-state index contributed by atoms with van der Waals surface area (Å²) >= 11 is 0. The van der Waals surface area contributed by atoms with Crippen molar-refractivity contribution in [3.8, 4) is 0 Å². The molecule has 1 rings (SSSR count). The van der Waals surface area contributed by atoms with Crippen molar-refractivity contribution in [3.05, 3.63) is 18.2 Å². The van der Waals surface area contributed by atoms with Crippen LogP contribution in [0.4, 0.5) is 0 Å². The Kier molecular flexibility index (Phi) is 4.83. The van der Waals surface area contributed by atoms with Gasteiger partial charge in [-0.1, -0.05) is 0 Å². The molecule has 1 heterocycles. The fourth-order valence-corrected chi connectivity index (χ4v) is 1.29. The number of carbonyl (C=O) groups is 1. The fraction of sp³-hybridized carbons (Fsp3) is 0.600. The van der Waals surface area contributed by atoms with Crippen LogP contribution < -0.4 is 5.32 Å². The minimum atomic E-state index is -0.188. The van der Waals surface area contributed by atoms with E-state index in [1.165, 1.54) is 7.11 Å². The summed E-state index contributed by atoms with van der Waals surface area (Å²) in [6.07, 6.45) is 4.03. The highest BCUT2D eigenvalue weighted by Gasteiger charge is 2.01. The predicted octanol–water partition coefficient (Wildman–Crippen LogP) is 0.556. The van der Waals surface area contributed by atoms with E-state index in [2.05, 4.69) is 26.5 Å². The Balaban J connectivity index is 2.23.